The summed E-state index contributed by atoms with van der Waals surface area (Å²) in [6.45, 7) is 3.08. The molecule has 5 nitrogen and oxygen atoms in total. The first-order valence-electron chi connectivity index (χ1n) is 7.43. The van der Waals surface area contributed by atoms with Crippen LogP contribution in [0.1, 0.15) is 46.7 Å². The largest absolute Gasteiger partial charge is 0.296 e. The van der Waals surface area contributed by atoms with Gasteiger partial charge in [0, 0.05) is 42.8 Å². The zero-order valence-corrected chi connectivity index (χ0v) is 12.6. The van der Waals surface area contributed by atoms with E-state index < -0.39 is 0 Å². The summed E-state index contributed by atoms with van der Waals surface area (Å²) in [5.74, 6) is 0.753. The summed E-state index contributed by atoms with van der Waals surface area (Å²) < 4.78 is 1.95. The van der Waals surface area contributed by atoms with Gasteiger partial charge in [0.15, 0.2) is 0 Å². The van der Waals surface area contributed by atoms with Crippen LogP contribution in [0.5, 0.6) is 0 Å². The molecule has 0 aromatic carbocycles. The van der Waals surface area contributed by atoms with Gasteiger partial charge in [0.1, 0.15) is 6.07 Å². The number of nitriles is 1. The van der Waals surface area contributed by atoms with Crippen molar-refractivity contribution < 1.29 is 0 Å². The second-order valence-electron chi connectivity index (χ2n) is 5.94. The smallest absolute Gasteiger partial charge is 0.102 e. The van der Waals surface area contributed by atoms with Crippen LogP contribution in [0.2, 0.25) is 0 Å². The Labute approximate surface area is 127 Å². The van der Waals surface area contributed by atoms with Crippen LogP contribution in [0.15, 0.2) is 18.6 Å². The highest BCUT2D eigenvalue weighted by Gasteiger charge is 2.28. The maximum Gasteiger partial charge on any atom is 0.102 e. The van der Waals surface area contributed by atoms with Crippen molar-refractivity contribution in [2.45, 2.75) is 37.8 Å². The Bertz CT molecular complexity index is 678. The van der Waals surface area contributed by atoms with Crippen molar-refractivity contribution in [3.05, 3.63) is 34.0 Å². The predicted octanol–water partition coefficient (Wildman–Crippen LogP) is 2.54. The van der Waals surface area contributed by atoms with E-state index in [1.54, 1.807) is 6.20 Å². The number of thiazole rings is 1. The molecule has 4 rings (SSSR count). The molecule has 1 aliphatic carbocycles. The molecule has 2 aromatic rings. The number of hydrogen-bond acceptors (Lipinski definition) is 5. The molecule has 2 aliphatic rings. The normalized spacial score (nSPS) is 22.5. The molecule has 108 valence electrons. The van der Waals surface area contributed by atoms with Gasteiger partial charge in [0.05, 0.1) is 22.8 Å². The van der Waals surface area contributed by atoms with Crippen molar-refractivity contribution in [3.8, 4) is 6.07 Å². The molecule has 0 radical (unpaired) electrons. The van der Waals surface area contributed by atoms with E-state index in [4.69, 9.17) is 5.26 Å². The second kappa shape index (κ2) is 5.24. The molecular formula is C15H17N5S. The highest BCUT2D eigenvalue weighted by Crippen LogP contribution is 2.42. The van der Waals surface area contributed by atoms with E-state index in [9.17, 15) is 0 Å². The van der Waals surface area contributed by atoms with Gasteiger partial charge in [-0.25, -0.2) is 4.98 Å². The molecular weight excluding hydrogens is 282 g/mol. The van der Waals surface area contributed by atoms with E-state index in [-0.39, 0.29) is 0 Å². The molecule has 0 N–H and O–H groups in total. The van der Waals surface area contributed by atoms with E-state index in [1.807, 2.05) is 28.4 Å². The van der Waals surface area contributed by atoms with Crippen LogP contribution in [0, 0.1) is 11.3 Å². The summed E-state index contributed by atoms with van der Waals surface area (Å²) in [5.41, 5.74) is 0.644. The zero-order chi connectivity index (χ0) is 14.2. The first-order valence-corrected chi connectivity index (χ1v) is 8.24. The maximum atomic E-state index is 8.87. The van der Waals surface area contributed by atoms with E-state index in [1.165, 1.54) is 22.7 Å². The summed E-state index contributed by atoms with van der Waals surface area (Å²) in [5, 5.41) is 14.5. The molecule has 0 bridgehead atoms. The fourth-order valence-electron chi connectivity index (χ4n) is 2.90. The maximum absolute atomic E-state index is 8.87. The van der Waals surface area contributed by atoms with Crippen LogP contribution in [-0.2, 0) is 6.54 Å². The topological polar surface area (TPSA) is 57.7 Å². The number of nitrogens with zero attached hydrogens (tertiary/aromatic N) is 5. The molecule has 1 unspecified atom stereocenters. The van der Waals surface area contributed by atoms with Crippen molar-refractivity contribution in [1.29, 1.82) is 5.26 Å². The summed E-state index contributed by atoms with van der Waals surface area (Å²) in [6, 6.07) is 2.53. The molecule has 6 heteroatoms. The van der Waals surface area contributed by atoms with Crippen molar-refractivity contribution in [1.82, 2.24) is 19.7 Å². The molecule has 0 spiro atoms. The molecule has 2 fully saturated rings. The van der Waals surface area contributed by atoms with Gasteiger partial charge in [-0.3, -0.25) is 9.58 Å². The average molecular weight is 299 g/mol. The minimum atomic E-state index is 0.392. The van der Waals surface area contributed by atoms with E-state index in [0.29, 0.717) is 11.6 Å². The Hall–Kier alpha value is -1.71. The number of rotatable bonds is 4. The average Bonchev–Trinajstić information content (AvgIpc) is 2.95. The lowest BCUT2D eigenvalue weighted by Gasteiger charge is -2.14. The zero-order valence-electron chi connectivity index (χ0n) is 11.8. The third kappa shape index (κ3) is 2.71. The predicted molar refractivity (Wildman–Crippen MR) is 80.0 cm³/mol. The van der Waals surface area contributed by atoms with Crippen molar-refractivity contribution in [3.63, 3.8) is 0 Å². The van der Waals surface area contributed by atoms with E-state index in [0.717, 1.165) is 32.0 Å². The molecule has 0 amide bonds. The van der Waals surface area contributed by atoms with Gasteiger partial charge in [0.2, 0.25) is 0 Å². The van der Waals surface area contributed by atoms with Gasteiger partial charge in [-0.2, -0.15) is 10.4 Å². The SMILES string of the molecule is N#Cc1cnn(C2CCN(Cc3cnc(C4CC4)s3)C2)c1. The van der Waals surface area contributed by atoms with Crippen LogP contribution in [-0.4, -0.2) is 32.8 Å². The van der Waals surface area contributed by atoms with Crippen LogP contribution < -0.4 is 0 Å². The molecule has 1 saturated carbocycles. The van der Waals surface area contributed by atoms with Gasteiger partial charge >= 0.3 is 0 Å². The first-order chi connectivity index (χ1) is 10.3. The molecule has 3 heterocycles. The molecule has 21 heavy (non-hydrogen) atoms. The number of likely N-dealkylation sites (tertiary alicyclic amines) is 1. The summed E-state index contributed by atoms with van der Waals surface area (Å²) in [6.07, 6.45) is 9.28. The van der Waals surface area contributed by atoms with Crippen molar-refractivity contribution >= 4 is 11.3 Å². The highest BCUT2D eigenvalue weighted by atomic mass is 32.1. The van der Waals surface area contributed by atoms with Crippen LogP contribution in [0.3, 0.4) is 0 Å². The minimum Gasteiger partial charge on any atom is -0.296 e. The van der Waals surface area contributed by atoms with Gasteiger partial charge in [-0.15, -0.1) is 11.3 Å². The summed E-state index contributed by atoms with van der Waals surface area (Å²) >= 11 is 1.88. The minimum absolute atomic E-state index is 0.392. The first kappa shape index (κ1) is 13.0. The Morgan fingerprint density at radius 1 is 1.33 bits per heavy atom. The summed E-state index contributed by atoms with van der Waals surface area (Å²) in [7, 11) is 0. The Morgan fingerprint density at radius 3 is 3.00 bits per heavy atom. The molecule has 1 saturated heterocycles. The summed E-state index contributed by atoms with van der Waals surface area (Å²) in [4.78, 5) is 8.38. The third-order valence-corrected chi connectivity index (χ3v) is 5.37. The van der Waals surface area contributed by atoms with Crippen molar-refractivity contribution in [2.75, 3.05) is 13.1 Å². The number of hydrogen-bond donors (Lipinski definition) is 0. The van der Waals surface area contributed by atoms with Gasteiger partial charge in [0.25, 0.3) is 0 Å². The molecule has 1 atom stereocenters. The Morgan fingerprint density at radius 2 is 2.24 bits per heavy atom. The highest BCUT2D eigenvalue weighted by molar-refractivity contribution is 7.11. The molecule has 1 aliphatic heterocycles. The van der Waals surface area contributed by atoms with Gasteiger partial charge in [-0.1, -0.05) is 0 Å². The van der Waals surface area contributed by atoms with Crippen molar-refractivity contribution in [2.24, 2.45) is 0 Å². The fraction of sp³-hybridized carbons (Fsp3) is 0.533. The third-order valence-electron chi connectivity index (χ3n) is 4.23. The lowest BCUT2D eigenvalue weighted by molar-refractivity contribution is 0.314. The van der Waals surface area contributed by atoms with Gasteiger partial charge in [-0.05, 0) is 19.3 Å². The van der Waals surface area contributed by atoms with E-state index >= 15 is 0 Å². The Kier molecular flexibility index (Phi) is 3.24. The molecule has 2 aromatic heterocycles. The fourth-order valence-corrected chi connectivity index (χ4v) is 4.03. The van der Waals surface area contributed by atoms with Crippen LogP contribution in [0.4, 0.5) is 0 Å². The monoisotopic (exact) mass is 299 g/mol. The second-order valence-corrected chi connectivity index (χ2v) is 7.08. The van der Waals surface area contributed by atoms with Crippen LogP contribution in [0.25, 0.3) is 0 Å². The van der Waals surface area contributed by atoms with Crippen LogP contribution >= 0.6 is 11.3 Å². The van der Waals surface area contributed by atoms with E-state index in [2.05, 4.69) is 21.1 Å². The Balaban J connectivity index is 1.38. The number of aromatic nitrogens is 3. The lowest BCUT2D eigenvalue weighted by atomic mass is 10.3. The van der Waals surface area contributed by atoms with Gasteiger partial charge < -0.3 is 0 Å². The lowest BCUT2D eigenvalue weighted by Crippen LogP contribution is -2.20. The standard InChI is InChI=1S/C15H17N5S/c16-5-11-6-18-20(8-11)13-3-4-19(9-13)10-14-7-17-15(21-14)12-1-2-12/h6-8,12-13H,1-4,9-10H2. The quantitative estimate of drug-likeness (QED) is 0.870.